The summed E-state index contributed by atoms with van der Waals surface area (Å²) in [5, 5.41) is 4.29. The first kappa shape index (κ1) is 12.8. The molecule has 5 nitrogen and oxygen atoms in total. The van der Waals surface area contributed by atoms with Gasteiger partial charge in [0.1, 0.15) is 0 Å². The Morgan fingerprint density at radius 3 is 2.48 bits per heavy atom. The van der Waals surface area contributed by atoms with Crippen LogP contribution in [-0.2, 0) is 9.53 Å². The summed E-state index contributed by atoms with van der Waals surface area (Å²) in [6, 6.07) is 8.54. The fraction of sp³-hybridized carbons (Fsp3) is 0.500. The number of hydrogen-bond acceptors (Lipinski definition) is 4. The molecular formula is C16H19N3O2. The van der Waals surface area contributed by atoms with Crippen molar-refractivity contribution in [2.45, 2.75) is 12.8 Å². The van der Waals surface area contributed by atoms with E-state index in [2.05, 4.69) is 39.7 Å². The van der Waals surface area contributed by atoms with Crippen molar-refractivity contribution in [2.75, 3.05) is 31.2 Å². The third-order valence-corrected chi connectivity index (χ3v) is 4.79. The zero-order valence-corrected chi connectivity index (χ0v) is 11.9. The molecule has 0 unspecified atom stereocenters. The first-order valence-corrected chi connectivity index (χ1v) is 7.63. The van der Waals surface area contributed by atoms with E-state index in [1.54, 1.807) is 0 Å². The SMILES string of the molecule is O=C1NN=C(c2ccc(N3CCOCC3)cc2)[C@@H]2CC[C@H]12. The maximum Gasteiger partial charge on any atom is 0.243 e. The average molecular weight is 285 g/mol. The lowest BCUT2D eigenvalue weighted by Gasteiger charge is -2.38. The maximum atomic E-state index is 11.7. The fourth-order valence-electron chi connectivity index (χ4n) is 3.37. The van der Waals surface area contributed by atoms with E-state index in [1.807, 2.05) is 0 Å². The van der Waals surface area contributed by atoms with Gasteiger partial charge >= 0.3 is 0 Å². The van der Waals surface area contributed by atoms with Gasteiger partial charge in [0, 0.05) is 30.6 Å². The number of benzene rings is 1. The third-order valence-electron chi connectivity index (χ3n) is 4.79. The van der Waals surface area contributed by atoms with E-state index < -0.39 is 0 Å². The van der Waals surface area contributed by atoms with Gasteiger partial charge in [-0.15, -0.1) is 0 Å². The molecule has 1 aromatic rings. The number of nitrogens with one attached hydrogen (secondary N) is 1. The molecular weight excluding hydrogens is 266 g/mol. The zero-order chi connectivity index (χ0) is 14.2. The summed E-state index contributed by atoms with van der Waals surface area (Å²) in [6.45, 7) is 3.48. The summed E-state index contributed by atoms with van der Waals surface area (Å²) in [5.41, 5.74) is 6.06. The Kier molecular flexibility index (Phi) is 3.15. The minimum Gasteiger partial charge on any atom is -0.378 e. The number of nitrogens with zero attached hydrogens (tertiary/aromatic N) is 2. The molecule has 2 heterocycles. The molecule has 1 saturated carbocycles. The highest BCUT2D eigenvalue weighted by Gasteiger charge is 2.42. The highest BCUT2D eigenvalue weighted by atomic mass is 16.5. The summed E-state index contributed by atoms with van der Waals surface area (Å²) >= 11 is 0. The molecule has 1 aromatic carbocycles. The van der Waals surface area contributed by atoms with E-state index in [1.165, 1.54) is 5.69 Å². The van der Waals surface area contributed by atoms with Gasteiger partial charge in [0.25, 0.3) is 0 Å². The number of morpholine rings is 1. The molecule has 0 bridgehead atoms. The van der Waals surface area contributed by atoms with E-state index in [9.17, 15) is 4.79 Å². The van der Waals surface area contributed by atoms with Crippen LogP contribution in [0.2, 0.25) is 0 Å². The molecule has 0 aromatic heterocycles. The molecule has 0 spiro atoms. The van der Waals surface area contributed by atoms with Gasteiger partial charge in [0.15, 0.2) is 0 Å². The zero-order valence-electron chi connectivity index (χ0n) is 11.9. The van der Waals surface area contributed by atoms with Crippen molar-refractivity contribution in [1.82, 2.24) is 5.43 Å². The van der Waals surface area contributed by atoms with Crippen molar-refractivity contribution in [3.05, 3.63) is 29.8 Å². The molecule has 21 heavy (non-hydrogen) atoms. The van der Waals surface area contributed by atoms with E-state index in [4.69, 9.17) is 4.74 Å². The molecule has 2 fully saturated rings. The monoisotopic (exact) mass is 285 g/mol. The highest BCUT2D eigenvalue weighted by Crippen LogP contribution is 2.39. The Bertz CT molecular complexity index is 576. The lowest BCUT2D eigenvalue weighted by molar-refractivity contribution is -0.129. The Labute approximate surface area is 124 Å². The number of rotatable bonds is 2. The molecule has 2 aliphatic heterocycles. The van der Waals surface area contributed by atoms with Crippen LogP contribution in [0, 0.1) is 11.8 Å². The first-order valence-electron chi connectivity index (χ1n) is 7.63. The molecule has 1 amide bonds. The molecule has 0 radical (unpaired) electrons. The molecule has 4 rings (SSSR count). The molecule has 2 atom stereocenters. The van der Waals surface area contributed by atoms with Crippen molar-refractivity contribution in [1.29, 1.82) is 0 Å². The largest absolute Gasteiger partial charge is 0.378 e. The number of carbonyl (C=O) groups is 1. The minimum atomic E-state index is 0.0833. The predicted molar refractivity (Wildman–Crippen MR) is 80.4 cm³/mol. The van der Waals surface area contributed by atoms with E-state index in [0.717, 1.165) is 50.4 Å². The summed E-state index contributed by atoms with van der Waals surface area (Å²) in [6.07, 6.45) is 2.06. The van der Waals surface area contributed by atoms with Crippen LogP contribution in [0.15, 0.2) is 29.4 Å². The molecule has 1 aliphatic carbocycles. The number of hydrogen-bond donors (Lipinski definition) is 1. The second kappa shape index (κ2) is 5.15. The summed E-state index contributed by atoms with van der Waals surface area (Å²) in [5.74, 6) is 0.532. The number of fused-ring (bicyclic) bond motifs is 1. The Hall–Kier alpha value is -1.88. The summed E-state index contributed by atoms with van der Waals surface area (Å²) in [4.78, 5) is 14.0. The standard InChI is InChI=1S/C16H19N3O2/c20-16-14-6-5-13(14)15(17-18-16)11-1-3-12(4-2-11)19-7-9-21-10-8-19/h1-4,13-14H,5-10H2,(H,18,20)/t13-,14+/m1/s1. The van der Waals surface area contributed by atoms with Gasteiger partial charge < -0.3 is 9.64 Å². The lowest BCUT2D eigenvalue weighted by atomic mass is 9.68. The number of amides is 1. The Balaban J connectivity index is 1.55. The first-order chi connectivity index (χ1) is 10.3. The van der Waals surface area contributed by atoms with E-state index >= 15 is 0 Å². The number of carbonyl (C=O) groups excluding carboxylic acids is 1. The van der Waals surface area contributed by atoms with Crippen molar-refractivity contribution in [2.24, 2.45) is 16.9 Å². The molecule has 5 heteroatoms. The maximum absolute atomic E-state index is 11.7. The van der Waals surface area contributed by atoms with E-state index in [0.29, 0.717) is 5.92 Å². The highest BCUT2D eigenvalue weighted by molar-refractivity contribution is 6.07. The van der Waals surface area contributed by atoms with Crippen molar-refractivity contribution in [3.63, 3.8) is 0 Å². The Morgan fingerprint density at radius 1 is 1.10 bits per heavy atom. The van der Waals surface area contributed by atoms with Gasteiger partial charge in [-0.25, -0.2) is 5.43 Å². The van der Waals surface area contributed by atoms with E-state index in [-0.39, 0.29) is 11.8 Å². The molecule has 1 saturated heterocycles. The third kappa shape index (κ3) is 2.21. The molecule has 110 valence electrons. The number of anilines is 1. The van der Waals surface area contributed by atoms with Crippen molar-refractivity contribution in [3.8, 4) is 0 Å². The summed E-state index contributed by atoms with van der Waals surface area (Å²) in [7, 11) is 0. The van der Waals surface area contributed by atoms with Crippen molar-refractivity contribution < 1.29 is 9.53 Å². The predicted octanol–water partition coefficient (Wildman–Crippen LogP) is 1.38. The van der Waals surface area contributed by atoms with Gasteiger partial charge in [-0.3, -0.25) is 4.79 Å². The quantitative estimate of drug-likeness (QED) is 0.893. The van der Waals surface area contributed by atoms with Crippen LogP contribution in [0.3, 0.4) is 0 Å². The van der Waals surface area contributed by atoms with Crippen molar-refractivity contribution >= 4 is 17.3 Å². The second-order valence-corrected chi connectivity index (χ2v) is 5.91. The smallest absolute Gasteiger partial charge is 0.243 e. The topological polar surface area (TPSA) is 53.9 Å². The lowest BCUT2D eigenvalue weighted by Crippen LogP contribution is -2.47. The van der Waals surface area contributed by atoms with Crippen LogP contribution in [0.25, 0.3) is 0 Å². The van der Waals surface area contributed by atoms with Gasteiger partial charge in [-0.1, -0.05) is 12.1 Å². The van der Waals surface area contributed by atoms with Gasteiger partial charge in [0.2, 0.25) is 5.91 Å². The Morgan fingerprint density at radius 2 is 1.81 bits per heavy atom. The van der Waals surface area contributed by atoms with Crippen LogP contribution in [0.4, 0.5) is 5.69 Å². The van der Waals surface area contributed by atoms with Gasteiger partial charge in [0.05, 0.1) is 18.9 Å². The number of hydrazone groups is 1. The van der Waals surface area contributed by atoms with Crippen LogP contribution < -0.4 is 10.3 Å². The van der Waals surface area contributed by atoms with Crippen LogP contribution in [0.1, 0.15) is 18.4 Å². The second-order valence-electron chi connectivity index (χ2n) is 5.91. The van der Waals surface area contributed by atoms with Gasteiger partial charge in [-0.2, -0.15) is 5.10 Å². The van der Waals surface area contributed by atoms with Crippen LogP contribution in [0.5, 0.6) is 0 Å². The van der Waals surface area contributed by atoms with Gasteiger partial charge in [-0.05, 0) is 30.5 Å². The summed E-state index contributed by atoms with van der Waals surface area (Å²) < 4.78 is 5.38. The average Bonchev–Trinajstić information content (AvgIpc) is 2.50. The molecule has 1 N–H and O–H groups in total. The minimum absolute atomic E-state index is 0.0833. The normalized spacial score (nSPS) is 28.3. The van der Waals surface area contributed by atoms with Crippen LogP contribution in [-0.4, -0.2) is 37.9 Å². The van der Waals surface area contributed by atoms with Crippen LogP contribution >= 0.6 is 0 Å². The molecule has 3 aliphatic rings. The number of ether oxygens (including phenoxy) is 1. The fourth-order valence-corrected chi connectivity index (χ4v) is 3.37.